The minimum Gasteiger partial charge on any atom is -0.380 e. The standard InChI is InChI=1S/C9H17F2NO/c1-9(10,11)4-6-13-7-8-3-2-5-12-8/h8,12H,2-7H2,1H3. The molecule has 0 aromatic rings. The van der Waals surface area contributed by atoms with E-state index in [4.69, 9.17) is 4.74 Å². The molecule has 0 saturated carbocycles. The largest absolute Gasteiger partial charge is 0.380 e. The molecular weight excluding hydrogens is 176 g/mol. The van der Waals surface area contributed by atoms with Gasteiger partial charge >= 0.3 is 0 Å². The molecule has 1 N–H and O–H groups in total. The molecule has 4 heteroatoms. The Morgan fingerprint density at radius 2 is 2.31 bits per heavy atom. The number of hydrogen-bond donors (Lipinski definition) is 1. The second-order valence-electron chi connectivity index (χ2n) is 3.69. The van der Waals surface area contributed by atoms with E-state index in [0.717, 1.165) is 26.3 Å². The van der Waals surface area contributed by atoms with E-state index in [-0.39, 0.29) is 13.0 Å². The van der Waals surface area contributed by atoms with Crippen molar-refractivity contribution < 1.29 is 13.5 Å². The van der Waals surface area contributed by atoms with Gasteiger partial charge in [-0.2, -0.15) is 0 Å². The second-order valence-corrected chi connectivity index (χ2v) is 3.69. The number of ether oxygens (including phenoxy) is 1. The van der Waals surface area contributed by atoms with Crippen LogP contribution in [0.2, 0.25) is 0 Å². The molecule has 0 radical (unpaired) electrons. The highest BCUT2D eigenvalue weighted by atomic mass is 19.3. The molecule has 1 aliphatic rings. The van der Waals surface area contributed by atoms with Gasteiger partial charge in [-0.15, -0.1) is 0 Å². The Labute approximate surface area is 77.6 Å². The van der Waals surface area contributed by atoms with E-state index >= 15 is 0 Å². The minimum absolute atomic E-state index is 0.154. The Morgan fingerprint density at radius 3 is 2.85 bits per heavy atom. The molecule has 78 valence electrons. The van der Waals surface area contributed by atoms with Crippen molar-refractivity contribution in [2.75, 3.05) is 19.8 Å². The number of alkyl halides is 2. The predicted molar refractivity (Wildman–Crippen MR) is 47.1 cm³/mol. The molecule has 0 spiro atoms. The second kappa shape index (κ2) is 4.86. The van der Waals surface area contributed by atoms with Crippen LogP contribution >= 0.6 is 0 Å². The molecule has 2 nitrogen and oxygen atoms in total. The maximum atomic E-state index is 12.3. The van der Waals surface area contributed by atoms with Gasteiger partial charge < -0.3 is 10.1 Å². The lowest BCUT2D eigenvalue weighted by atomic mass is 10.2. The zero-order valence-corrected chi connectivity index (χ0v) is 7.98. The fourth-order valence-corrected chi connectivity index (χ4v) is 1.38. The summed E-state index contributed by atoms with van der Waals surface area (Å²) in [6.07, 6.45) is 2.08. The maximum absolute atomic E-state index is 12.3. The summed E-state index contributed by atoms with van der Waals surface area (Å²) >= 11 is 0. The Morgan fingerprint density at radius 1 is 1.54 bits per heavy atom. The van der Waals surface area contributed by atoms with Crippen molar-refractivity contribution in [3.05, 3.63) is 0 Å². The van der Waals surface area contributed by atoms with Gasteiger partial charge in [0.15, 0.2) is 0 Å². The van der Waals surface area contributed by atoms with Gasteiger partial charge in [-0.1, -0.05) is 0 Å². The molecule has 0 aromatic carbocycles. The van der Waals surface area contributed by atoms with Crippen LogP contribution in [0.25, 0.3) is 0 Å². The van der Waals surface area contributed by atoms with Crippen molar-refractivity contribution in [2.45, 2.75) is 38.2 Å². The van der Waals surface area contributed by atoms with E-state index in [1.807, 2.05) is 0 Å². The molecule has 0 amide bonds. The number of nitrogens with one attached hydrogen (secondary N) is 1. The molecule has 1 unspecified atom stereocenters. The third kappa shape index (κ3) is 5.16. The summed E-state index contributed by atoms with van der Waals surface area (Å²) in [7, 11) is 0. The number of hydrogen-bond acceptors (Lipinski definition) is 2. The van der Waals surface area contributed by atoms with Gasteiger partial charge in [0.05, 0.1) is 13.2 Å². The van der Waals surface area contributed by atoms with Crippen LogP contribution in [0.1, 0.15) is 26.2 Å². The molecule has 0 bridgehead atoms. The van der Waals surface area contributed by atoms with Crippen molar-refractivity contribution in [3.8, 4) is 0 Å². The van der Waals surface area contributed by atoms with E-state index in [9.17, 15) is 8.78 Å². The summed E-state index contributed by atoms with van der Waals surface area (Å²) in [4.78, 5) is 0. The zero-order chi connectivity index (χ0) is 9.73. The van der Waals surface area contributed by atoms with E-state index < -0.39 is 5.92 Å². The summed E-state index contributed by atoms with van der Waals surface area (Å²) in [5.41, 5.74) is 0. The molecule has 1 rings (SSSR count). The van der Waals surface area contributed by atoms with E-state index in [1.54, 1.807) is 0 Å². The first-order valence-electron chi connectivity index (χ1n) is 4.77. The van der Waals surface area contributed by atoms with Crippen LogP contribution in [0.5, 0.6) is 0 Å². The van der Waals surface area contributed by atoms with Crippen LogP contribution in [0.4, 0.5) is 8.78 Å². The fraction of sp³-hybridized carbons (Fsp3) is 1.00. The smallest absolute Gasteiger partial charge is 0.247 e. The Bertz CT molecular complexity index is 141. The Balaban J connectivity index is 1.94. The third-order valence-corrected chi connectivity index (χ3v) is 2.17. The SMILES string of the molecule is CC(F)(F)CCOCC1CCCN1. The quantitative estimate of drug-likeness (QED) is 0.672. The lowest BCUT2D eigenvalue weighted by molar-refractivity contribution is -0.0185. The molecule has 13 heavy (non-hydrogen) atoms. The maximum Gasteiger partial charge on any atom is 0.247 e. The highest BCUT2D eigenvalue weighted by Gasteiger charge is 2.21. The zero-order valence-electron chi connectivity index (χ0n) is 7.98. The van der Waals surface area contributed by atoms with Gasteiger partial charge in [-0.05, 0) is 26.3 Å². The summed E-state index contributed by atoms with van der Waals surface area (Å²) in [5.74, 6) is -2.59. The first-order valence-corrected chi connectivity index (χ1v) is 4.77. The van der Waals surface area contributed by atoms with Crippen molar-refractivity contribution >= 4 is 0 Å². The van der Waals surface area contributed by atoms with Gasteiger partial charge in [-0.25, -0.2) is 8.78 Å². The van der Waals surface area contributed by atoms with Crippen molar-refractivity contribution in [1.29, 1.82) is 0 Å². The first-order chi connectivity index (χ1) is 6.08. The summed E-state index contributed by atoms with van der Waals surface area (Å²) in [6, 6.07) is 0.380. The van der Waals surface area contributed by atoms with Crippen LogP contribution in [0, 0.1) is 0 Å². The molecule has 0 aliphatic carbocycles. The first kappa shape index (κ1) is 10.9. The molecule has 1 fully saturated rings. The normalized spacial score (nSPS) is 23.8. The van der Waals surface area contributed by atoms with Crippen LogP contribution in [0.15, 0.2) is 0 Å². The topological polar surface area (TPSA) is 21.3 Å². The molecular formula is C9H17F2NO. The monoisotopic (exact) mass is 193 g/mol. The summed E-state index contributed by atoms with van der Waals surface area (Å²) in [6.45, 7) is 2.67. The van der Waals surface area contributed by atoms with E-state index in [1.165, 1.54) is 0 Å². The van der Waals surface area contributed by atoms with Gasteiger partial charge in [0, 0.05) is 12.5 Å². The lowest BCUT2D eigenvalue weighted by Crippen LogP contribution is -2.27. The number of rotatable bonds is 5. The van der Waals surface area contributed by atoms with Crippen LogP contribution in [-0.2, 0) is 4.74 Å². The van der Waals surface area contributed by atoms with Gasteiger partial charge in [-0.3, -0.25) is 0 Å². The summed E-state index contributed by atoms with van der Waals surface area (Å²) in [5, 5.41) is 3.24. The van der Waals surface area contributed by atoms with E-state index in [2.05, 4.69) is 5.32 Å². The number of halogens is 2. The third-order valence-electron chi connectivity index (χ3n) is 2.17. The molecule has 0 aromatic heterocycles. The van der Waals surface area contributed by atoms with Crippen LogP contribution in [-0.4, -0.2) is 31.7 Å². The molecule has 1 saturated heterocycles. The van der Waals surface area contributed by atoms with Crippen LogP contribution in [0.3, 0.4) is 0 Å². The van der Waals surface area contributed by atoms with Gasteiger partial charge in [0.1, 0.15) is 0 Å². The minimum atomic E-state index is -2.59. The highest BCUT2D eigenvalue weighted by molar-refractivity contribution is 4.73. The Hall–Kier alpha value is -0.220. The lowest BCUT2D eigenvalue weighted by Gasteiger charge is -2.13. The van der Waals surface area contributed by atoms with E-state index in [0.29, 0.717) is 12.6 Å². The molecule has 1 atom stereocenters. The van der Waals surface area contributed by atoms with Crippen molar-refractivity contribution in [3.63, 3.8) is 0 Å². The summed E-state index contributed by atoms with van der Waals surface area (Å²) < 4.78 is 29.8. The fourth-order valence-electron chi connectivity index (χ4n) is 1.38. The molecule has 1 aliphatic heterocycles. The highest BCUT2D eigenvalue weighted by Crippen LogP contribution is 2.16. The van der Waals surface area contributed by atoms with Gasteiger partial charge in [0.25, 0.3) is 0 Å². The van der Waals surface area contributed by atoms with Crippen LogP contribution < -0.4 is 5.32 Å². The van der Waals surface area contributed by atoms with Crippen molar-refractivity contribution in [2.24, 2.45) is 0 Å². The molecule has 1 heterocycles. The average molecular weight is 193 g/mol. The Kier molecular flexibility index (Phi) is 4.06. The average Bonchev–Trinajstić information content (AvgIpc) is 2.48. The van der Waals surface area contributed by atoms with Crippen molar-refractivity contribution in [1.82, 2.24) is 5.32 Å². The van der Waals surface area contributed by atoms with Gasteiger partial charge in [0.2, 0.25) is 5.92 Å². The predicted octanol–water partition coefficient (Wildman–Crippen LogP) is 1.80.